The van der Waals surface area contributed by atoms with Gasteiger partial charge in [0, 0.05) is 7.05 Å². The van der Waals surface area contributed by atoms with Gasteiger partial charge < -0.3 is 19.4 Å². The Balaban J connectivity index is 1.56. The van der Waals surface area contributed by atoms with Crippen molar-refractivity contribution in [1.82, 2.24) is 14.8 Å². The molecule has 3 aromatic rings. The highest BCUT2D eigenvalue weighted by atomic mass is 35.5. The smallest absolute Gasteiger partial charge is 0.234 e. The van der Waals surface area contributed by atoms with Crippen LogP contribution in [0.5, 0.6) is 11.5 Å². The van der Waals surface area contributed by atoms with E-state index in [0.717, 1.165) is 0 Å². The molecular weight excluding hydrogens is 419 g/mol. The van der Waals surface area contributed by atoms with Crippen LogP contribution in [0.3, 0.4) is 0 Å². The quantitative estimate of drug-likeness (QED) is 0.539. The fraction of sp³-hybridized carbons (Fsp3) is 0.211. The van der Waals surface area contributed by atoms with Crippen LogP contribution in [0.1, 0.15) is 5.82 Å². The average molecular weight is 437 g/mol. The fourth-order valence-electron chi connectivity index (χ4n) is 2.40. The topological polar surface area (TPSA) is 78.3 Å². The van der Waals surface area contributed by atoms with Crippen LogP contribution in [-0.2, 0) is 18.4 Å². The second kappa shape index (κ2) is 9.62. The number of nitrogens with zero attached hydrogens (tertiary/aromatic N) is 3. The summed E-state index contributed by atoms with van der Waals surface area (Å²) >= 11 is 7.19. The van der Waals surface area contributed by atoms with Crippen molar-refractivity contribution in [2.24, 2.45) is 7.05 Å². The Bertz CT molecular complexity index is 1010. The van der Waals surface area contributed by atoms with Gasteiger partial charge in [-0.05, 0) is 30.3 Å². The number of methoxy groups -OCH3 is 1. The van der Waals surface area contributed by atoms with Crippen LogP contribution in [0.4, 0.5) is 10.1 Å². The number of carbonyl (C=O) groups excluding carboxylic acids is 1. The maximum absolute atomic E-state index is 13.1. The van der Waals surface area contributed by atoms with Gasteiger partial charge in [0.25, 0.3) is 0 Å². The summed E-state index contributed by atoms with van der Waals surface area (Å²) in [7, 11) is 3.31. The Morgan fingerprint density at radius 3 is 2.79 bits per heavy atom. The predicted octanol–water partition coefficient (Wildman–Crippen LogP) is 3.93. The van der Waals surface area contributed by atoms with Crippen LogP contribution in [0, 0.1) is 5.82 Å². The molecule has 0 saturated heterocycles. The van der Waals surface area contributed by atoms with Crippen molar-refractivity contribution in [2.75, 3.05) is 18.2 Å². The van der Waals surface area contributed by atoms with Crippen LogP contribution in [0.15, 0.2) is 47.6 Å². The number of ether oxygens (including phenoxy) is 2. The van der Waals surface area contributed by atoms with Crippen LogP contribution < -0.4 is 14.8 Å². The van der Waals surface area contributed by atoms with Gasteiger partial charge in [-0.25, -0.2) is 4.39 Å². The molecule has 0 aliphatic rings. The van der Waals surface area contributed by atoms with E-state index in [2.05, 4.69) is 15.5 Å². The molecule has 1 N–H and O–H groups in total. The monoisotopic (exact) mass is 436 g/mol. The lowest BCUT2D eigenvalue weighted by Gasteiger charge is -2.10. The molecule has 1 aromatic heterocycles. The summed E-state index contributed by atoms with van der Waals surface area (Å²) in [5, 5.41) is 11.7. The molecule has 29 heavy (non-hydrogen) atoms. The molecule has 0 unspecified atom stereocenters. The third-order valence-electron chi connectivity index (χ3n) is 3.89. The highest BCUT2D eigenvalue weighted by molar-refractivity contribution is 7.99. The van der Waals surface area contributed by atoms with Crippen LogP contribution in [0.25, 0.3) is 0 Å². The number of thioether (sulfide) groups is 1. The lowest BCUT2D eigenvalue weighted by Crippen LogP contribution is -2.15. The number of aromatic nitrogens is 3. The molecule has 2 aromatic carbocycles. The van der Waals surface area contributed by atoms with Crippen molar-refractivity contribution >= 4 is 35.0 Å². The van der Waals surface area contributed by atoms with Gasteiger partial charge in [-0.3, -0.25) is 4.79 Å². The summed E-state index contributed by atoms with van der Waals surface area (Å²) in [5.41, 5.74) is 0.601. The first-order valence-electron chi connectivity index (χ1n) is 8.49. The first-order valence-corrected chi connectivity index (χ1v) is 9.86. The lowest BCUT2D eigenvalue weighted by molar-refractivity contribution is -0.113. The molecule has 3 rings (SSSR count). The minimum atomic E-state index is -0.439. The number of amides is 1. The largest absolute Gasteiger partial charge is 0.495 e. The van der Waals surface area contributed by atoms with Crippen molar-refractivity contribution in [3.8, 4) is 11.5 Å². The predicted molar refractivity (Wildman–Crippen MR) is 109 cm³/mol. The molecule has 0 bridgehead atoms. The van der Waals surface area contributed by atoms with Gasteiger partial charge in [-0.2, -0.15) is 0 Å². The van der Waals surface area contributed by atoms with E-state index in [1.54, 1.807) is 30.9 Å². The zero-order chi connectivity index (χ0) is 20.8. The van der Waals surface area contributed by atoms with E-state index in [4.69, 9.17) is 21.1 Å². The number of para-hydroxylation sites is 2. The molecule has 10 heteroatoms. The molecule has 0 fully saturated rings. The zero-order valence-corrected chi connectivity index (χ0v) is 17.3. The van der Waals surface area contributed by atoms with Gasteiger partial charge in [-0.1, -0.05) is 35.5 Å². The van der Waals surface area contributed by atoms with Gasteiger partial charge in [0.05, 0.1) is 23.6 Å². The molecular formula is C19H18ClFN4O3S. The zero-order valence-electron chi connectivity index (χ0n) is 15.7. The molecule has 1 amide bonds. The third-order valence-corrected chi connectivity index (χ3v) is 5.20. The molecule has 0 atom stereocenters. The number of hydrogen-bond donors (Lipinski definition) is 1. The Morgan fingerprint density at radius 2 is 2.03 bits per heavy atom. The van der Waals surface area contributed by atoms with Gasteiger partial charge in [0.2, 0.25) is 5.91 Å². The summed E-state index contributed by atoms with van der Waals surface area (Å²) in [6, 6.07) is 11.1. The van der Waals surface area contributed by atoms with Gasteiger partial charge in [0.1, 0.15) is 23.9 Å². The van der Waals surface area contributed by atoms with E-state index in [0.29, 0.717) is 28.2 Å². The van der Waals surface area contributed by atoms with E-state index in [1.165, 1.54) is 30.0 Å². The molecule has 7 nitrogen and oxygen atoms in total. The van der Waals surface area contributed by atoms with Crippen molar-refractivity contribution < 1.29 is 18.7 Å². The number of hydrogen-bond acceptors (Lipinski definition) is 6. The summed E-state index contributed by atoms with van der Waals surface area (Å²) in [6.45, 7) is 0.100. The summed E-state index contributed by atoms with van der Waals surface area (Å²) < 4.78 is 25.6. The minimum Gasteiger partial charge on any atom is -0.495 e. The third kappa shape index (κ3) is 5.39. The number of nitrogens with one attached hydrogen (secondary N) is 1. The fourth-order valence-corrected chi connectivity index (χ4v) is 3.35. The van der Waals surface area contributed by atoms with E-state index in [-0.39, 0.29) is 23.3 Å². The normalized spacial score (nSPS) is 10.6. The van der Waals surface area contributed by atoms with Gasteiger partial charge >= 0.3 is 0 Å². The van der Waals surface area contributed by atoms with Crippen LogP contribution >= 0.6 is 23.4 Å². The van der Waals surface area contributed by atoms with E-state index < -0.39 is 5.82 Å². The maximum atomic E-state index is 13.1. The Labute approximate surface area is 176 Å². The molecule has 0 saturated carbocycles. The van der Waals surface area contributed by atoms with Crippen LogP contribution in [-0.4, -0.2) is 33.5 Å². The molecule has 0 aliphatic carbocycles. The van der Waals surface area contributed by atoms with Crippen molar-refractivity contribution in [1.29, 1.82) is 0 Å². The average Bonchev–Trinajstić information content (AvgIpc) is 3.06. The minimum absolute atomic E-state index is 0.100. The second-order valence-corrected chi connectivity index (χ2v) is 7.21. The van der Waals surface area contributed by atoms with Crippen LogP contribution in [0.2, 0.25) is 5.02 Å². The van der Waals surface area contributed by atoms with Gasteiger partial charge in [0.15, 0.2) is 11.0 Å². The molecule has 0 aliphatic heterocycles. The summed E-state index contributed by atoms with van der Waals surface area (Å²) in [6.07, 6.45) is 0. The number of halogens is 2. The van der Waals surface area contributed by atoms with E-state index >= 15 is 0 Å². The van der Waals surface area contributed by atoms with Gasteiger partial charge in [-0.15, -0.1) is 10.2 Å². The van der Waals surface area contributed by atoms with Crippen molar-refractivity contribution in [2.45, 2.75) is 11.8 Å². The first-order chi connectivity index (χ1) is 14.0. The second-order valence-electron chi connectivity index (χ2n) is 5.86. The maximum Gasteiger partial charge on any atom is 0.234 e. The SMILES string of the molecule is COc1ccccc1NC(=O)CSc1nnc(COc2ccc(F)cc2Cl)n1C. The van der Waals surface area contributed by atoms with Crippen molar-refractivity contribution in [3.63, 3.8) is 0 Å². The first kappa shape index (κ1) is 20.9. The Hall–Kier alpha value is -2.78. The number of rotatable bonds is 8. The summed E-state index contributed by atoms with van der Waals surface area (Å²) in [4.78, 5) is 12.2. The highest BCUT2D eigenvalue weighted by Crippen LogP contribution is 2.26. The Morgan fingerprint density at radius 1 is 1.24 bits per heavy atom. The Kier molecular flexibility index (Phi) is 6.95. The van der Waals surface area contributed by atoms with E-state index in [1.807, 2.05) is 12.1 Å². The molecule has 1 heterocycles. The number of anilines is 1. The highest BCUT2D eigenvalue weighted by Gasteiger charge is 2.14. The number of benzene rings is 2. The van der Waals surface area contributed by atoms with Crippen molar-refractivity contribution in [3.05, 3.63) is 59.1 Å². The standard InChI is InChI=1S/C19H18ClFN4O3S/c1-25-17(10-28-15-8-7-12(21)9-13(15)20)23-24-19(25)29-11-18(26)22-14-5-3-4-6-16(14)27-2/h3-9H,10-11H2,1-2H3,(H,22,26). The molecule has 152 valence electrons. The summed E-state index contributed by atoms with van der Waals surface area (Å²) in [5.74, 6) is 0.988. The van der Waals surface area contributed by atoms with E-state index in [9.17, 15) is 9.18 Å². The molecule has 0 radical (unpaired) electrons. The number of carbonyl (C=O) groups is 1. The lowest BCUT2D eigenvalue weighted by atomic mass is 10.3. The molecule has 0 spiro atoms.